The summed E-state index contributed by atoms with van der Waals surface area (Å²) in [5.74, 6) is 1.11. The minimum Gasteiger partial charge on any atom is -0.454 e. The van der Waals surface area contributed by atoms with Crippen LogP contribution in [-0.2, 0) is 6.54 Å². The largest absolute Gasteiger partial charge is 0.454 e. The van der Waals surface area contributed by atoms with Crippen LogP contribution in [0.15, 0.2) is 66.7 Å². The van der Waals surface area contributed by atoms with Gasteiger partial charge in [0, 0.05) is 17.8 Å². The van der Waals surface area contributed by atoms with E-state index >= 15 is 0 Å². The topological polar surface area (TPSA) is 121 Å². The van der Waals surface area contributed by atoms with Crippen molar-refractivity contribution in [2.45, 2.75) is 13.5 Å². The summed E-state index contributed by atoms with van der Waals surface area (Å²) in [7, 11) is 0. The van der Waals surface area contributed by atoms with Crippen LogP contribution in [0.25, 0.3) is 27.9 Å². The standard InChI is InChI=1S/C27H21N5O4/c1-15(33)17-7-9-18(10-8-17)32-25(28)23(24-26(32)31-20-5-3-2-4-19(20)30-24)27(34)29-13-16-6-11-21-22(12-16)36-14-35-21/h2-12H,13-14,28H2,1H3,(H,29,34). The number of ether oxygens (including phenoxy) is 2. The summed E-state index contributed by atoms with van der Waals surface area (Å²) in [5, 5.41) is 2.94. The van der Waals surface area contributed by atoms with Crippen LogP contribution in [0.2, 0.25) is 0 Å². The molecule has 0 fully saturated rings. The lowest BCUT2D eigenvalue weighted by atomic mass is 10.1. The predicted molar refractivity (Wildman–Crippen MR) is 135 cm³/mol. The number of ketones is 1. The number of carbonyl (C=O) groups is 2. The van der Waals surface area contributed by atoms with Gasteiger partial charge in [-0.05, 0) is 61.0 Å². The number of aromatic nitrogens is 3. The first-order valence-corrected chi connectivity index (χ1v) is 11.3. The monoisotopic (exact) mass is 479 g/mol. The number of nitrogens with one attached hydrogen (secondary N) is 1. The van der Waals surface area contributed by atoms with Crippen molar-refractivity contribution in [3.8, 4) is 17.2 Å². The van der Waals surface area contributed by atoms with Gasteiger partial charge in [-0.2, -0.15) is 0 Å². The highest BCUT2D eigenvalue weighted by Gasteiger charge is 2.25. The van der Waals surface area contributed by atoms with Crippen molar-refractivity contribution in [2.75, 3.05) is 12.5 Å². The molecule has 2 aromatic heterocycles. The Balaban J connectivity index is 1.43. The SMILES string of the molecule is CC(=O)c1ccc(-n2c(N)c(C(=O)NCc3ccc4c(c3)OCO4)c3nc4ccccc4nc32)cc1. The fourth-order valence-electron chi connectivity index (χ4n) is 4.31. The number of nitrogens with zero attached hydrogens (tertiary/aromatic N) is 3. The highest BCUT2D eigenvalue weighted by Crippen LogP contribution is 2.33. The van der Waals surface area contributed by atoms with Crippen LogP contribution in [0, 0.1) is 0 Å². The van der Waals surface area contributed by atoms with E-state index in [2.05, 4.69) is 5.32 Å². The average Bonchev–Trinajstić information content (AvgIpc) is 3.47. The number of rotatable bonds is 5. The van der Waals surface area contributed by atoms with E-state index in [1.165, 1.54) is 6.92 Å². The van der Waals surface area contributed by atoms with E-state index in [9.17, 15) is 9.59 Å². The number of hydrogen-bond acceptors (Lipinski definition) is 7. The molecule has 1 amide bonds. The van der Waals surface area contributed by atoms with Crippen molar-refractivity contribution >= 4 is 39.7 Å². The molecule has 3 heterocycles. The first-order valence-electron chi connectivity index (χ1n) is 11.3. The molecule has 0 radical (unpaired) electrons. The summed E-state index contributed by atoms with van der Waals surface area (Å²) >= 11 is 0. The zero-order valence-electron chi connectivity index (χ0n) is 19.3. The average molecular weight is 479 g/mol. The first-order chi connectivity index (χ1) is 17.5. The van der Waals surface area contributed by atoms with Crippen LogP contribution < -0.4 is 20.5 Å². The molecule has 0 aliphatic carbocycles. The maximum atomic E-state index is 13.4. The fraction of sp³-hybridized carbons (Fsp3) is 0.111. The Morgan fingerprint density at radius 1 is 0.972 bits per heavy atom. The molecule has 36 heavy (non-hydrogen) atoms. The van der Waals surface area contributed by atoms with Crippen molar-refractivity contribution in [3.63, 3.8) is 0 Å². The lowest BCUT2D eigenvalue weighted by Gasteiger charge is -2.09. The molecule has 3 N–H and O–H groups in total. The number of hydrogen-bond donors (Lipinski definition) is 2. The number of Topliss-reactive ketones (excluding diaryl/α,β-unsaturated/α-hetero) is 1. The van der Waals surface area contributed by atoms with Crippen molar-refractivity contribution in [1.82, 2.24) is 19.9 Å². The van der Waals surface area contributed by atoms with Crippen molar-refractivity contribution in [3.05, 3.63) is 83.4 Å². The smallest absolute Gasteiger partial charge is 0.257 e. The Morgan fingerprint density at radius 3 is 2.44 bits per heavy atom. The van der Waals surface area contributed by atoms with Gasteiger partial charge in [-0.1, -0.05) is 18.2 Å². The number of anilines is 1. The molecule has 9 nitrogen and oxygen atoms in total. The number of fused-ring (bicyclic) bond motifs is 3. The third-order valence-electron chi connectivity index (χ3n) is 6.15. The molecule has 0 saturated heterocycles. The number of nitrogens with two attached hydrogens (primary N) is 1. The summed E-state index contributed by atoms with van der Waals surface area (Å²) < 4.78 is 12.5. The van der Waals surface area contributed by atoms with Crippen molar-refractivity contribution in [2.24, 2.45) is 0 Å². The highest BCUT2D eigenvalue weighted by molar-refractivity contribution is 6.11. The second-order valence-corrected chi connectivity index (χ2v) is 8.45. The van der Waals surface area contributed by atoms with Crippen molar-refractivity contribution < 1.29 is 19.1 Å². The van der Waals surface area contributed by atoms with Gasteiger partial charge < -0.3 is 20.5 Å². The maximum Gasteiger partial charge on any atom is 0.257 e. The van der Waals surface area contributed by atoms with Gasteiger partial charge in [-0.15, -0.1) is 0 Å². The molecule has 9 heteroatoms. The Labute approximate surface area is 205 Å². The van der Waals surface area contributed by atoms with Gasteiger partial charge in [0.2, 0.25) is 6.79 Å². The van der Waals surface area contributed by atoms with E-state index in [1.54, 1.807) is 28.8 Å². The van der Waals surface area contributed by atoms with E-state index in [0.717, 1.165) is 5.56 Å². The quantitative estimate of drug-likeness (QED) is 0.365. The van der Waals surface area contributed by atoms with Gasteiger partial charge in [-0.25, -0.2) is 9.97 Å². The lowest BCUT2D eigenvalue weighted by molar-refractivity contribution is 0.0952. The van der Waals surface area contributed by atoms with Crippen molar-refractivity contribution in [1.29, 1.82) is 0 Å². The zero-order valence-corrected chi connectivity index (χ0v) is 19.3. The molecule has 0 spiro atoms. The van der Waals surface area contributed by atoms with Crippen LogP contribution in [0.3, 0.4) is 0 Å². The van der Waals surface area contributed by atoms with E-state index in [-0.39, 0.29) is 36.4 Å². The molecule has 0 unspecified atom stereocenters. The molecule has 0 saturated carbocycles. The molecule has 0 bridgehead atoms. The molecule has 5 aromatic rings. The molecule has 1 aliphatic rings. The van der Waals surface area contributed by atoms with Gasteiger partial charge >= 0.3 is 0 Å². The Kier molecular flexibility index (Phi) is 5.03. The van der Waals surface area contributed by atoms with Crippen LogP contribution >= 0.6 is 0 Å². The molecular formula is C27H21N5O4. The van der Waals surface area contributed by atoms with E-state index in [4.69, 9.17) is 25.2 Å². The second-order valence-electron chi connectivity index (χ2n) is 8.45. The third kappa shape index (κ3) is 3.58. The number of nitrogen functional groups attached to an aromatic ring is 1. The van der Waals surface area contributed by atoms with Crippen LogP contribution in [0.4, 0.5) is 5.82 Å². The van der Waals surface area contributed by atoms with Gasteiger partial charge in [0.25, 0.3) is 5.91 Å². The van der Waals surface area contributed by atoms with E-state index in [0.29, 0.717) is 44.9 Å². The van der Waals surface area contributed by atoms with Crippen LogP contribution in [0.1, 0.15) is 33.2 Å². The van der Waals surface area contributed by atoms with Gasteiger partial charge in [-0.3, -0.25) is 14.2 Å². The Bertz CT molecular complexity index is 1670. The van der Waals surface area contributed by atoms with Crippen LogP contribution in [0.5, 0.6) is 11.5 Å². The molecule has 6 rings (SSSR count). The normalized spacial score (nSPS) is 12.2. The lowest BCUT2D eigenvalue weighted by Crippen LogP contribution is -2.24. The summed E-state index contributed by atoms with van der Waals surface area (Å²) in [6.07, 6.45) is 0. The first kappa shape index (κ1) is 21.6. The van der Waals surface area contributed by atoms with E-state index < -0.39 is 0 Å². The highest BCUT2D eigenvalue weighted by atomic mass is 16.7. The predicted octanol–water partition coefficient (Wildman–Crippen LogP) is 4.02. The Morgan fingerprint density at radius 2 is 1.69 bits per heavy atom. The minimum absolute atomic E-state index is 0.0405. The van der Waals surface area contributed by atoms with Gasteiger partial charge in [0.15, 0.2) is 22.9 Å². The summed E-state index contributed by atoms with van der Waals surface area (Å²) in [6.45, 7) is 1.95. The number of para-hydroxylation sites is 2. The summed E-state index contributed by atoms with van der Waals surface area (Å²) in [4.78, 5) is 34.7. The zero-order chi connectivity index (χ0) is 24.8. The van der Waals surface area contributed by atoms with Gasteiger partial charge in [0.1, 0.15) is 16.9 Å². The van der Waals surface area contributed by atoms with Gasteiger partial charge in [0.05, 0.1) is 11.0 Å². The summed E-state index contributed by atoms with van der Waals surface area (Å²) in [6, 6.07) is 19.9. The maximum absolute atomic E-state index is 13.4. The molecule has 3 aromatic carbocycles. The third-order valence-corrected chi connectivity index (χ3v) is 6.15. The number of amides is 1. The minimum atomic E-state index is -0.376. The fourth-order valence-corrected chi connectivity index (χ4v) is 4.31. The summed E-state index contributed by atoms with van der Waals surface area (Å²) in [5.41, 5.74) is 11.1. The van der Waals surface area contributed by atoms with Crippen LogP contribution in [-0.4, -0.2) is 33.0 Å². The molecule has 0 atom stereocenters. The molecular weight excluding hydrogens is 458 g/mol. The van der Waals surface area contributed by atoms with E-state index in [1.807, 2.05) is 42.5 Å². The second kappa shape index (κ2) is 8.38. The molecule has 178 valence electrons. The number of benzene rings is 3. The molecule has 1 aliphatic heterocycles. The number of carbonyl (C=O) groups excluding carboxylic acids is 2. The Hall–Kier alpha value is -4.92.